The van der Waals surface area contributed by atoms with Gasteiger partial charge in [-0.2, -0.15) is 4.98 Å². The molecule has 0 spiro atoms. The second-order valence-electron chi connectivity index (χ2n) is 4.27. The van der Waals surface area contributed by atoms with Crippen LogP contribution in [0, 0.1) is 6.92 Å². The number of rotatable bonds is 5. The average molecular weight is 274 g/mol. The lowest BCUT2D eigenvalue weighted by Gasteiger charge is -2.12. The molecular weight excluding hydrogens is 256 g/mol. The van der Waals surface area contributed by atoms with Crippen molar-refractivity contribution in [3.8, 4) is 17.4 Å². The van der Waals surface area contributed by atoms with E-state index in [2.05, 4.69) is 22.3 Å². The molecule has 0 radical (unpaired) electrons. The lowest BCUT2D eigenvalue weighted by Crippen LogP contribution is -2.11. The van der Waals surface area contributed by atoms with E-state index in [4.69, 9.17) is 15.3 Å². The second kappa shape index (κ2) is 6.21. The van der Waals surface area contributed by atoms with Crippen molar-refractivity contribution in [3.63, 3.8) is 0 Å². The van der Waals surface area contributed by atoms with Crippen LogP contribution in [0.2, 0.25) is 0 Å². The Hall–Kier alpha value is -2.34. The molecule has 6 nitrogen and oxygen atoms in total. The minimum Gasteiger partial charge on any atom is -0.493 e. The number of methoxy groups -OCH3 is 1. The third kappa shape index (κ3) is 2.97. The summed E-state index contributed by atoms with van der Waals surface area (Å²) in [6.07, 6.45) is 2.58. The number of benzene rings is 1. The maximum Gasteiger partial charge on any atom is 0.240 e. The number of aryl methyl sites for hydroxylation is 2. The number of anilines is 1. The zero-order chi connectivity index (χ0) is 14.5. The van der Waals surface area contributed by atoms with E-state index in [-0.39, 0.29) is 0 Å². The van der Waals surface area contributed by atoms with Crippen molar-refractivity contribution in [2.45, 2.75) is 20.3 Å². The Morgan fingerprint density at radius 3 is 2.75 bits per heavy atom. The molecule has 3 N–H and O–H groups in total. The Balaban J connectivity index is 2.34. The molecule has 0 atom stereocenters. The fourth-order valence-corrected chi connectivity index (χ4v) is 1.72. The van der Waals surface area contributed by atoms with Crippen LogP contribution in [0.15, 0.2) is 24.4 Å². The third-order valence-corrected chi connectivity index (χ3v) is 2.90. The van der Waals surface area contributed by atoms with Crippen LogP contribution in [0.3, 0.4) is 0 Å². The smallest absolute Gasteiger partial charge is 0.240 e. The molecule has 0 bridgehead atoms. The standard InChI is InChI=1S/C14H18N4O2/c1-4-10-5-6-11(12(7-10)19-3)20-13-9(2)8-16-14(17-13)18-15/h5-8H,4,15H2,1-3H3,(H,16,17,18). The fraction of sp³-hybridized carbons (Fsp3) is 0.286. The van der Waals surface area contributed by atoms with Gasteiger partial charge in [0.25, 0.3) is 0 Å². The van der Waals surface area contributed by atoms with Crippen molar-refractivity contribution in [3.05, 3.63) is 35.5 Å². The summed E-state index contributed by atoms with van der Waals surface area (Å²) in [5.41, 5.74) is 4.38. The Labute approximate surface area is 117 Å². The molecule has 0 aliphatic heterocycles. The highest BCUT2D eigenvalue weighted by Crippen LogP contribution is 2.33. The molecule has 1 aromatic carbocycles. The van der Waals surface area contributed by atoms with Crippen LogP contribution in [0.1, 0.15) is 18.1 Å². The molecule has 2 aromatic rings. The first-order valence-corrected chi connectivity index (χ1v) is 6.33. The molecule has 1 heterocycles. The van der Waals surface area contributed by atoms with E-state index in [1.165, 1.54) is 5.56 Å². The number of nitrogens with two attached hydrogens (primary N) is 1. The summed E-state index contributed by atoms with van der Waals surface area (Å²) in [6.45, 7) is 3.95. The Bertz CT molecular complexity index is 602. The monoisotopic (exact) mass is 274 g/mol. The van der Waals surface area contributed by atoms with Gasteiger partial charge in [0, 0.05) is 11.8 Å². The maximum atomic E-state index is 5.80. The molecule has 2 rings (SSSR count). The predicted molar refractivity (Wildman–Crippen MR) is 77.0 cm³/mol. The number of hydrogen-bond acceptors (Lipinski definition) is 6. The Morgan fingerprint density at radius 1 is 1.30 bits per heavy atom. The van der Waals surface area contributed by atoms with E-state index in [1.807, 2.05) is 25.1 Å². The molecule has 0 amide bonds. The minimum absolute atomic E-state index is 0.301. The molecule has 6 heteroatoms. The van der Waals surface area contributed by atoms with Crippen molar-refractivity contribution in [2.75, 3.05) is 12.5 Å². The number of aromatic nitrogens is 2. The van der Waals surface area contributed by atoms with E-state index >= 15 is 0 Å². The molecule has 0 aliphatic rings. The number of hydrazine groups is 1. The molecule has 0 unspecified atom stereocenters. The van der Waals surface area contributed by atoms with Crippen molar-refractivity contribution in [1.82, 2.24) is 9.97 Å². The molecular formula is C14H18N4O2. The first kappa shape index (κ1) is 14.1. The number of nitrogen functional groups attached to an aromatic ring is 1. The van der Waals surface area contributed by atoms with Gasteiger partial charge in [-0.15, -0.1) is 0 Å². The van der Waals surface area contributed by atoms with Crippen LogP contribution < -0.4 is 20.7 Å². The summed E-state index contributed by atoms with van der Waals surface area (Å²) < 4.78 is 11.1. The van der Waals surface area contributed by atoms with E-state index in [9.17, 15) is 0 Å². The summed E-state index contributed by atoms with van der Waals surface area (Å²) in [4.78, 5) is 8.19. The van der Waals surface area contributed by atoms with Crippen LogP contribution in [-0.4, -0.2) is 17.1 Å². The summed E-state index contributed by atoms with van der Waals surface area (Å²) in [5.74, 6) is 7.32. The van der Waals surface area contributed by atoms with Crippen molar-refractivity contribution in [1.29, 1.82) is 0 Å². The maximum absolute atomic E-state index is 5.80. The van der Waals surface area contributed by atoms with Crippen LogP contribution in [-0.2, 0) is 6.42 Å². The zero-order valence-electron chi connectivity index (χ0n) is 11.8. The van der Waals surface area contributed by atoms with Gasteiger partial charge in [0.15, 0.2) is 11.5 Å². The van der Waals surface area contributed by atoms with E-state index in [0.29, 0.717) is 23.3 Å². The van der Waals surface area contributed by atoms with Gasteiger partial charge < -0.3 is 9.47 Å². The van der Waals surface area contributed by atoms with Crippen molar-refractivity contribution in [2.24, 2.45) is 5.84 Å². The van der Waals surface area contributed by atoms with Gasteiger partial charge in [0.2, 0.25) is 11.8 Å². The van der Waals surface area contributed by atoms with Gasteiger partial charge in [0.05, 0.1) is 7.11 Å². The van der Waals surface area contributed by atoms with E-state index in [0.717, 1.165) is 12.0 Å². The third-order valence-electron chi connectivity index (χ3n) is 2.90. The molecule has 0 saturated carbocycles. The number of ether oxygens (including phenoxy) is 2. The summed E-state index contributed by atoms with van der Waals surface area (Å²) in [6, 6.07) is 5.82. The number of nitrogens with one attached hydrogen (secondary N) is 1. The van der Waals surface area contributed by atoms with E-state index in [1.54, 1.807) is 13.3 Å². The molecule has 106 valence electrons. The van der Waals surface area contributed by atoms with E-state index < -0.39 is 0 Å². The number of hydrogen-bond donors (Lipinski definition) is 2. The largest absolute Gasteiger partial charge is 0.493 e. The van der Waals surface area contributed by atoms with Crippen LogP contribution in [0.5, 0.6) is 17.4 Å². The summed E-state index contributed by atoms with van der Waals surface area (Å²) >= 11 is 0. The lowest BCUT2D eigenvalue weighted by atomic mass is 10.1. The van der Waals surface area contributed by atoms with Gasteiger partial charge >= 0.3 is 0 Å². The summed E-state index contributed by atoms with van der Waals surface area (Å²) in [5, 5.41) is 0. The highest BCUT2D eigenvalue weighted by Gasteiger charge is 2.10. The first-order valence-electron chi connectivity index (χ1n) is 6.33. The topological polar surface area (TPSA) is 82.3 Å². The first-order chi connectivity index (χ1) is 9.67. The van der Waals surface area contributed by atoms with Gasteiger partial charge in [-0.3, -0.25) is 5.43 Å². The molecule has 0 fully saturated rings. The van der Waals surface area contributed by atoms with Crippen molar-refractivity contribution < 1.29 is 9.47 Å². The molecule has 1 aromatic heterocycles. The van der Waals surface area contributed by atoms with Gasteiger partial charge in [-0.1, -0.05) is 13.0 Å². The normalized spacial score (nSPS) is 10.2. The SMILES string of the molecule is CCc1ccc(Oc2nc(NN)ncc2C)c(OC)c1. The van der Waals surface area contributed by atoms with Crippen LogP contribution in [0.25, 0.3) is 0 Å². The van der Waals surface area contributed by atoms with Crippen LogP contribution in [0.4, 0.5) is 5.95 Å². The Kier molecular flexibility index (Phi) is 4.37. The number of nitrogens with zero attached hydrogens (tertiary/aromatic N) is 2. The molecule has 0 aliphatic carbocycles. The highest BCUT2D eigenvalue weighted by atomic mass is 16.5. The predicted octanol–water partition coefficient (Wildman–Crippen LogP) is 2.43. The van der Waals surface area contributed by atoms with Gasteiger partial charge in [-0.05, 0) is 31.0 Å². The highest BCUT2D eigenvalue weighted by molar-refractivity contribution is 5.46. The molecule has 0 saturated heterocycles. The molecule has 20 heavy (non-hydrogen) atoms. The lowest BCUT2D eigenvalue weighted by molar-refractivity contribution is 0.372. The van der Waals surface area contributed by atoms with Crippen molar-refractivity contribution >= 4 is 5.95 Å². The van der Waals surface area contributed by atoms with Gasteiger partial charge in [-0.25, -0.2) is 10.8 Å². The quantitative estimate of drug-likeness (QED) is 0.643. The zero-order valence-corrected chi connectivity index (χ0v) is 11.8. The second-order valence-corrected chi connectivity index (χ2v) is 4.27. The Morgan fingerprint density at radius 2 is 2.10 bits per heavy atom. The minimum atomic E-state index is 0.301. The summed E-state index contributed by atoms with van der Waals surface area (Å²) in [7, 11) is 1.61. The average Bonchev–Trinajstić information content (AvgIpc) is 2.49. The van der Waals surface area contributed by atoms with Gasteiger partial charge in [0.1, 0.15) is 0 Å². The van der Waals surface area contributed by atoms with Crippen LogP contribution >= 0.6 is 0 Å². The fourth-order valence-electron chi connectivity index (χ4n) is 1.72.